The Morgan fingerprint density at radius 3 is 1.61 bits per heavy atom. The summed E-state index contributed by atoms with van der Waals surface area (Å²) < 4.78 is 4.92. The lowest BCUT2D eigenvalue weighted by atomic mass is 9.67. The molecule has 312 valence electrons. The first-order valence-electron chi connectivity index (χ1n) is 23.3. The molecule has 0 fully saturated rings. The minimum Gasteiger partial charge on any atom is -0.309 e. The summed E-state index contributed by atoms with van der Waals surface area (Å²) in [6, 6.07) is 94.4. The van der Waals surface area contributed by atoms with Crippen molar-refractivity contribution in [1.29, 1.82) is 0 Å². The lowest BCUT2D eigenvalue weighted by molar-refractivity contribution is 0.769. The lowest BCUT2D eigenvalue weighted by Crippen LogP contribution is -2.28. The van der Waals surface area contributed by atoms with Crippen molar-refractivity contribution in [2.75, 3.05) is 0 Å². The number of fused-ring (bicyclic) bond motifs is 11. The van der Waals surface area contributed by atoms with Gasteiger partial charge >= 0.3 is 0 Å². The first kappa shape index (κ1) is 37.6. The van der Waals surface area contributed by atoms with Crippen LogP contribution < -0.4 is 0 Å². The quantitative estimate of drug-likeness (QED) is 0.158. The average Bonchev–Trinajstić information content (AvgIpc) is 4.03. The Kier molecular flexibility index (Phi) is 8.23. The molecule has 1 aliphatic rings. The van der Waals surface area contributed by atoms with Crippen LogP contribution >= 0.6 is 0 Å². The largest absolute Gasteiger partial charge is 0.309 e. The van der Waals surface area contributed by atoms with Crippen LogP contribution in [0.25, 0.3) is 99.1 Å². The van der Waals surface area contributed by atoms with Crippen molar-refractivity contribution >= 4 is 54.4 Å². The van der Waals surface area contributed by atoms with Gasteiger partial charge in [-0.25, -0.2) is 0 Å². The molecule has 0 aliphatic heterocycles. The number of hydrogen-bond donors (Lipinski definition) is 0. The van der Waals surface area contributed by atoms with Crippen molar-refractivity contribution in [2.24, 2.45) is 0 Å². The van der Waals surface area contributed by atoms with Gasteiger partial charge in [-0.05, 0) is 127 Å². The van der Waals surface area contributed by atoms with E-state index in [9.17, 15) is 0 Å². The van der Waals surface area contributed by atoms with Crippen molar-refractivity contribution in [3.05, 3.63) is 277 Å². The minimum absolute atomic E-state index is 0.502. The van der Waals surface area contributed by atoms with Gasteiger partial charge in [-0.1, -0.05) is 194 Å². The summed E-state index contributed by atoms with van der Waals surface area (Å²) in [4.78, 5) is 0. The van der Waals surface area contributed by atoms with Crippen molar-refractivity contribution in [3.8, 4) is 44.8 Å². The summed E-state index contributed by atoms with van der Waals surface area (Å²) in [6.07, 6.45) is 0. The van der Waals surface area contributed by atoms with E-state index in [-0.39, 0.29) is 0 Å². The minimum atomic E-state index is -0.502. The topological polar surface area (TPSA) is 9.86 Å². The van der Waals surface area contributed by atoms with E-state index in [4.69, 9.17) is 0 Å². The lowest BCUT2D eigenvalue weighted by Gasteiger charge is -2.33. The van der Waals surface area contributed by atoms with E-state index in [0.717, 1.165) is 11.4 Å². The maximum absolute atomic E-state index is 2.50. The Morgan fingerprint density at radius 2 is 0.836 bits per heavy atom. The van der Waals surface area contributed by atoms with Gasteiger partial charge in [0, 0.05) is 32.9 Å². The van der Waals surface area contributed by atoms with Gasteiger partial charge in [0.05, 0.1) is 27.5 Å². The van der Waals surface area contributed by atoms with E-state index in [2.05, 4.69) is 264 Å². The summed E-state index contributed by atoms with van der Waals surface area (Å²) in [6.45, 7) is 0. The van der Waals surface area contributed by atoms with Crippen LogP contribution in [-0.4, -0.2) is 9.13 Å². The molecular formula is C65H42N2. The molecule has 11 aromatic carbocycles. The number of nitrogens with zero attached hydrogens (tertiary/aromatic N) is 2. The third kappa shape index (κ3) is 5.51. The molecule has 2 aromatic heterocycles. The highest BCUT2D eigenvalue weighted by Crippen LogP contribution is 2.59. The second kappa shape index (κ2) is 14.7. The molecule has 67 heavy (non-hydrogen) atoms. The van der Waals surface area contributed by atoms with Crippen molar-refractivity contribution in [3.63, 3.8) is 0 Å². The zero-order valence-corrected chi connectivity index (χ0v) is 36.6. The molecule has 14 rings (SSSR count). The molecule has 2 heteroatoms. The maximum atomic E-state index is 2.50. The third-order valence-corrected chi connectivity index (χ3v) is 14.6. The predicted molar refractivity (Wildman–Crippen MR) is 281 cm³/mol. The summed E-state index contributed by atoms with van der Waals surface area (Å²) in [5.41, 5.74) is 19.1. The van der Waals surface area contributed by atoms with Gasteiger partial charge < -0.3 is 9.13 Å². The van der Waals surface area contributed by atoms with E-state index in [1.165, 1.54) is 110 Å². The van der Waals surface area contributed by atoms with Crippen molar-refractivity contribution in [1.82, 2.24) is 9.13 Å². The van der Waals surface area contributed by atoms with Gasteiger partial charge in [0.25, 0.3) is 0 Å². The Labute approximate surface area is 388 Å². The van der Waals surface area contributed by atoms with Gasteiger partial charge in [0.1, 0.15) is 0 Å². The van der Waals surface area contributed by atoms with Crippen LogP contribution in [0.15, 0.2) is 255 Å². The molecule has 1 aliphatic carbocycles. The molecule has 0 spiro atoms. The molecule has 13 aromatic rings. The first-order chi connectivity index (χ1) is 33.2. The van der Waals surface area contributed by atoms with E-state index >= 15 is 0 Å². The van der Waals surface area contributed by atoms with E-state index in [1.807, 2.05) is 0 Å². The Bertz CT molecular complexity index is 4040. The second-order valence-electron chi connectivity index (χ2n) is 18.0. The highest BCUT2D eigenvalue weighted by atomic mass is 15.0. The molecule has 0 saturated heterocycles. The second-order valence-corrected chi connectivity index (χ2v) is 18.0. The van der Waals surface area contributed by atoms with Crippen LogP contribution in [-0.2, 0) is 5.41 Å². The number of rotatable bonds is 6. The molecule has 2 nitrogen and oxygen atoms in total. The molecule has 0 radical (unpaired) electrons. The zero-order valence-electron chi connectivity index (χ0n) is 36.6. The number of hydrogen-bond acceptors (Lipinski definition) is 0. The van der Waals surface area contributed by atoms with Crippen molar-refractivity contribution < 1.29 is 0 Å². The van der Waals surface area contributed by atoms with Crippen LogP contribution in [0.5, 0.6) is 0 Å². The fraction of sp³-hybridized carbons (Fsp3) is 0.0154. The third-order valence-electron chi connectivity index (χ3n) is 14.6. The Morgan fingerprint density at radius 1 is 0.284 bits per heavy atom. The number of benzene rings is 11. The van der Waals surface area contributed by atoms with Crippen LogP contribution in [0, 0.1) is 0 Å². The smallest absolute Gasteiger partial charge is 0.0713 e. The fourth-order valence-corrected chi connectivity index (χ4v) is 11.7. The molecule has 0 saturated carbocycles. The van der Waals surface area contributed by atoms with E-state index in [0.29, 0.717) is 0 Å². The highest BCUT2D eigenvalue weighted by Gasteiger charge is 2.47. The Hall–Kier alpha value is -8.72. The SMILES string of the molecule is c1ccc(-c2cccc(-n3c4ccccc4c4cc(-c5ccc6c(c5)c5c7c(ccc5n6-c5ccc6ccccc6c5)C(c5ccccc5)(c5ccccc5)c5ccccc5-7)ccc43)c2)cc1. The summed E-state index contributed by atoms with van der Waals surface area (Å²) in [7, 11) is 0. The summed E-state index contributed by atoms with van der Waals surface area (Å²) in [5, 5.41) is 7.46. The van der Waals surface area contributed by atoms with Gasteiger partial charge in [-0.2, -0.15) is 0 Å². The normalized spacial score (nSPS) is 12.9. The molecular weight excluding hydrogens is 809 g/mol. The average molecular weight is 851 g/mol. The molecule has 0 unspecified atom stereocenters. The molecule has 0 bridgehead atoms. The van der Waals surface area contributed by atoms with Crippen LogP contribution in [0.4, 0.5) is 0 Å². The van der Waals surface area contributed by atoms with Gasteiger partial charge in [0.15, 0.2) is 0 Å². The summed E-state index contributed by atoms with van der Waals surface area (Å²) in [5.74, 6) is 0. The van der Waals surface area contributed by atoms with Gasteiger partial charge in [-0.3, -0.25) is 0 Å². The Balaban J connectivity index is 1.04. The standard InChI is InChI=1S/C65H42N2/c1-4-17-43(18-5-1)46-21-16-26-51(39-46)66-59-30-15-13-27-53(59)55-41-47(32-36-60(55)66)48-33-37-61-56(42-48)64-62(67(61)52-34-31-44-19-10-11-20-45(44)40-52)38-35-58-63(64)54-28-12-14-29-57(54)65(58,49-22-6-2-7-23-49)50-24-8-3-9-25-50/h1-42H. The van der Waals surface area contributed by atoms with Gasteiger partial charge in [0.2, 0.25) is 0 Å². The first-order valence-corrected chi connectivity index (χ1v) is 23.3. The van der Waals surface area contributed by atoms with Crippen LogP contribution in [0.3, 0.4) is 0 Å². The van der Waals surface area contributed by atoms with Crippen molar-refractivity contribution in [2.45, 2.75) is 5.41 Å². The van der Waals surface area contributed by atoms with E-state index in [1.54, 1.807) is 0 Å². The highest BCUT2D eigenvalue weighted by molar-refractivity contribution is 6.19. The molecule has 0 N–H and O–H groups in total. The fourth-order valence-electron chi connectivity index (χ4n) is 11.7. The molecule has 0 amide bonds. The maximum Gasteiger partial charge on any atom is 0.0713 e. The van der Waals surface area contributed by atoms with Gasteiger partial charge in [-0.15, -0.1) is 0 Å². The predicted octanol–water partition coefficient (Wildman–Crippen LogP) is 16.7. The van der Waals surface area contributed by atoms with E-state index < -0.39 is 5.41 Å². The number of para-hydroxylation sites is 1. The van der Waals surface area contributed by atoms with Crippen LogP contribution in [0.2, 0.25) is 0 Å². The van der Waals surface area contributed by atoms with Crippen LogP contribution in [0.1, 0.15) is 22.3 Å². The molecule has 0 atom stereocenters. The summed E-state index contributed by atoms with van der Waals surface area (Å²) >= 11 is 0. The number of aromatic nitrogens is 2. The zero-order chi connectivity index (χ0) is 44.1. The molecule has 2 heterocycles. The monoisotopic (exact) mass is 850 g/mol.